The van der Waals surface area contributed by atoms with Crippen molar-refractivity contribution in [3.8, 4) is 0 Å². The molecule has 0 bridgehead atoms. The van der Waals surface area contributed by atoms with Gasteiger partial charge in [0.2, 0.25) is 5.91 Å². The average Bonchev–Trinajstić information content (AvgIpc) is 2.84. The Morgan fingerprint density at radius 2 is 1.83 bits per heavy atom. The number of hydrogen-bond donors (Lipinski definition) is 0. The van der Waals surface area contributed by atoms with E-state index < -0.39 is 17.7 Å². The Hall–Kier alpha value is -3.46. The SMILES string of the molecule is CCOC(=O)C=Cc1ccc(CN2C(=O)CCCN2CCC(=O)Cc2cccc(C(F)(F)F)c2)cc1. The quantitative estimate of drug-likeness (QED) is 0.344. The largest absolute Gasteiger partial charge is 0.463 e. The predicted octanol–water partition coefficient (Wildman–Crippen LogP) is 4.82. The standard InChI is InChI=1S/C27H29F3N2O4/c1-2-36-26(35)13-12-20-8-10-21(11-9-20)19-32-25(34)7-4-15-31(32)16-14-24(33)18-22-5-3-6-23(17-22)27(28,29)30/h3,5-6,8-13,17H,2,4,7,14-16,18-19H2,1H3. The Balaban J connectivity index is 1.57. The van der Waals surface area contributed by atoms with Crippen LogP contribution in [-0.2, 0) is 38.3 Å². The second kappa shape index (κ2) is 12.5. The van der Waals surface area contributed by atoms with Gasteiger partial charge in [0.1, 0.15) is 5.78 Å². The van der Waals surface area contributed by atoms with Crippen molar-refractivity contribution in [1.29, 1.82) is 0 Å². The molecule has 2 aromatic carbocycles. The first-order chi connectivity index (χ1) is 17.2. The lowest BCUT2D eigenvalue weighted by Gasteiger charge is -2.38. The molecule has 192 valence electrons. The molecule has 0 aromatic heterocycles. The molecular formula is C27H29F3N2O4. The fraction of sp³-hybridized carbons (Fsp3) is 0.370. The van der Waals surface area contributed by atoms with Gasteiger partial charge in [-0.25, -0.2) is 9.80 Å². The van der Waals surface area contributed by atoms with Crippen LogP contribution in [0.4, 0.5) is 13.2 Å². The van der Waals surface area contributed by atoms with Gasteiger partial charge in [0.25, 0.3) is 0 Å². The van der Waals surface area contributed by atoms with Crippen LogP contribution in [0.3, 0.4) is 0 Å². The van der Waals surface area contributed by atoms with Crippen LogP contribution in [0.2, 0.25) is 0 Å². The van der Waals surface area contributed by atoms with Gasteiger partial charge < -0.3 is 4.74 Å². The number of alkyl halides is 3. The highest BCUT2D eigenvalue weighted by molar-refractivity contribution is 5.87. The van der Waals surface area contributed by atoms with Crippen LogP contribution in [0.1, 0.15) is 48.4 Å². The molecule has 0 radical (unpaired) electrons. The van der Waals surface area contributed by atoms with E-state index in [0.29, 0.717) is 44.6 Å². The van der Waals surface area contributed by atoms with Crippen molar-refractivity contribution in [2.24, 2.45) is 0 Å². The lowest BCUT2D eigenvalue weighted by atomic mass is 10.0. The number of rotatable bonds is 10. The molecule has 0 saturated carbocycles. The fourth-order valence-electron chi connectivity index (χ4n) is 3.93. The lowest BCUT2D eigenvalue weighted by Crippen LogP contribution is -2.50. The number of hydrazine groups is 1. The predicted molar refractivity (Wildman–Crippen MR) is 128 cm³/mol. The van der Waals surface area contributed by atoms with Crippen LogP contribution in [0.25, 0.3) is 6.08 Å². The molecule has 0 atom stereocenters. The molecule has 36 heavy (non-hydrogen) atoms. The minimum Gasteiger partial charge on any atom is -0.463 e. The van der Waals surface area contributed by atoms with Crippen molar-refractivity contribution in [2.75, 3.05) is 19.7 Å². The first-order valence-electron chi connectivity index (χ1n) is 11.8. The van der Waals surface area contributed by atoms with Gasteiger partial charge in [-0.05, 0) is 42.2 Å². The third-order valence-electron chi connectivity index (χ3n) is 5.75. The molecule has 1 heterocycles. The molecule has 1 aliphatic heterocycles. The van der Waals surface area contributed by atoms with Gasteiger partial charge in [0.05, 0.1) is 18.7 Å². The molecule has 0 N–H and O–H groups in total. The van der Waals surface area contributed by atoms with Crippen molar-refractivity contribution >= 4 is 23.7 Å². The summed E-state index contributed by atoms with van der Waals surface area (Å²) in [5.41, 5.74) is 1.24. The number of amides is 1. The monoisotopic (exact) mass is 502 g/mol. The second-order valence-electron chi connectivity index (χ2n) is 8.50. The Labute approximate surface area is 208 Å². The van der Waals surface area contributed by atoms with Gasteiger partial charge in [-0.15, -0.1) is 0 Å². The zero-order valence-corrected chi connectivity index (χ0v) is 20.1. The van der Waals surface area contributed by atoms with Gasteiger partial charge in [-0.3, -0.25) is 14.6 Å². The number of benzene rings is 2. The smallest absolute Gasteiger partial charge is 0.416 e. The summed E-state index contributed by atoms with van der Waals surface area (Å²) in [5, 5.41) is 3.47. The van der Waals surface area contributed by atoms with Gasteiger partial charge in [-0.1, -0.05) is 42.5 Å². The maximum Gasteiger partial charge on any atom is 0.416 e. The number of halogens is 3. The highest BCUT2D eigenvalue weighted by Gasteiger charge is 2.30. The van der Waals surface area contributed by atoms with E-state index in [2.05, 4.69) is 0 Å². The number of carbonyl (C=O) groups is 3. The normalized spacial score (nSPS) is 14.9. The summed E-state index contributed by atoms with van der Waals surface area (Å²) in [6.45, 7) is 3.30. The Morgan fingerprint density at radius 3 is 2.53 bits per heavy atom. The number of Topliss-reactive ketones (excluding diaryl/α,β-unsaturated/α-hetero) is 1. The van der Waals surface area contributed by atoms with E-state index >= 15 is 0 Å². The van der Waals surface area contributed by atoms with Crippen LogP contribution >= 0.6 is 0 Å². The highest BCUT2D eigenvalue weighted by Crippen LogP contribution is 2.29. The van der Waals surface area contributed by atoms with Crippen molar-refractivity contribution in [3.05, 3.63) is 76.9 Å². The summed E-state index contributed by atoms with van der Waals surface area (Å²) < 4.78 is 43.6. The molecule has 0 unspecified atom stereocenters. The van der Waals surface area contributed by atoms with Crippen molar-refractivity contribution in [3.63, 3.8) is 0 Å². The summed E-state index contributed by atoms with van der Waals surface area (Å²) in [7, 11) is 0. The molecule has 6 nitrogen and oxygen atoms in total. The Bertz CT molecular complexity index is 1100. The van der Waals surface area contributed by atoms with Crippen LogP contribution in [0.5, 0.6) is 0 Å². The Morgan fingerprint density at radius 1 is 1.08 bits per heavy atom. The number of carbonyl (C=O) groups excluding carboxylic acids is 3. The molecule has 1 aliphatic rings. The van der Waals surface area contributed by atoms with E-state index in [9.17, 15) is 27.6 Å². The summed E-state index contributed by atoms with van der Waals surface area (Å²) in [6.07, 6.45) is -0.335. The van der Waals surface area contributed by atoms with Crippen LogP contribution in [0.15, 0.2) is 54.6 Å². The maximum absolute atomic E-state index is 12.9. The molecular weight excluding hydrogens is 473 g/mol. The van der Waals surface area contributed by atoms with E-state index in [0.717, 1.165) is 23.3 Å². The van der Waals surface area contributed by atoms with Gasteiger partial charge in [0, 0.05) is 38.4 Å². The molecule has 2 aromatic rings. The zero-order chi connectivity index (χ0) is 26.1. The second-order valence-corrected chi connectivity index (χ2v) is 8.50. The first kappa shape index (κ1) is 27.1. The third-order valence-corrected chi connectivity index (χ3v) is 5.75. The summed E-state index contributed by atoms with van der Waals surface area (Å²) in [4.78, 5) is 36.6. The van der Waals surface area contributed by atoms with E-state index in [1.165, 1.54) is 18.2 Å². The number of hydrogen-bond acceptors (Lipinski definition) is 5. The molecule has 1 amide bonds. The molecule has 3 rings (SSSR count). The van der Waals surface area contributed by atoms with E-state index in [-0.39, 0.29) is 24.5 Å². The van der Waals surface area contributed by atoms with Crippen LogP contribution in [0, 0.1) is 0 Å². The molecule has 1 saturated heterocycles. The fourth-order valence-corrected chi connectivity index (χ4v) is 3.93. The summed E-state index contributed by atoms with van der Waals surface area (Å²) in [5.74, 6) is -0.651. The third kappa shape index (κ3) is 8.05. The van der Waals surface area contributed by atoms with Gasteiger partial charge >= 0.3 is 12.1 Å². The minimum absolute atomic E-state index is 0.0436. The van der Waals surface area contributed by atoms with Crippen molar-refractivity contribution < 1.29 is 32.3 Å². The lowest BCUT2D eigenvalue weighted by molar-refractivity contribution is -0.158. The Kier molecular flexibility index (Phi) is 9.41. The average molecular weight is 503 g/mol. The van der Waals surface area contributed by atoms with Crippen LogP contribution < -0.4 is 0 Å². The maximum atomic E-state index is 12.9. The van der Waals surface area contributed by atoms with Crippen molar-refractivity contribution in [1.82, 2.24) is 10.0 Å². The van der Waals surface area contributed by atoms with E-state index in [1.807, 2.05) is 29.3 Å². The first-order valence-corrected chi connectivity index (χ1v) is 11.8. The number of ether oxygens (including phenoxy) is 1. The molecule has 0 spiro atoms. The topological polar surface area (TPSA) is 66.9 Å². The highest BCUT2D eigenvalue weighted by atomic mass is 19.4. The molecule has 0 aliphatic carbocycles. The van der Waals surface area contributed by atoms with Crippen LogP contribution in [-0.4, -0.2) is 47.4 Å². The number of ketones is 1. The van der Waals surface area contributed by atoms with E-state index in [4.69, 9.17) is 4.74 Å². The molecule has 1 fully saturated rings. The van der Waals surface area contributed by atoms with Gasteiger partial charge in [-0.2, -0.15) is 13.2 Å². The number of nitrogens with zero attached hydrogens (tertiary/aromatic N) is 2. The summed E-state index contributed by atoms with van der Waals surface area (Å²) in [6, 6.07) is 12.2. The summed E-state index contributed by atoms with van der Waals surface area (Å²) >= 11 is 0. The molecule has 9 heteroatoms. The van der Waals surface area contributed by atoms with Gasteiger partial charge in [0.15, 0.2) is 0 Å². The van der Waals surface area contributed by atoms with Crippen molar-refractivity contribution in [2.45, 2.75) is 45.3 Å². The van der Waals surface area contributed by atoms with E-state index in [1.54, 1.807) is 18.0 Å². The number of esters is 1. The minimum atomic E-state index is -4.46. The zero-order valence-electron chi connectivity index (χ0n) is 20.1.